The first-order chi connectivity index (χ1) is 13.5. The van der Waals surface area contributed by atoms with Crippen LogP contribution in [0.1, 0.15) is 41.0 Å². The Labute approximate surface area is 163 Å². The lowest BCUT2D eigenvalue weighted by Crippen LogP contribution is -2.49. The number of benzene rings is 1. The molecule has 0 saturated carbocycles. The average Bonchev–Trinajstić information content (AvgIpc) is 3.11. The van der Waals surface area contributed by atoms with Crippen molar-refractivity contribution in [3.8, 4) is 0 Å². The Morgan fingerprint density at radius 1 is 1.21 bits per heavy atom. The van der Waals surface area contributed by atoms with Crippen LogP contribution in [-0.2, 0) is 6.54 Å². The Morgan fingerprint density at radius 3 is 2.75 bits per heavy atom. The van der Waals surface area contributed by atoms with Crippen LogP contribution >= 0.6 is 0 Å². The van der Waals surface area contributed by atoms with E-state index in [2.05, 4.69) is 10.9 Å². The van der Waals surface area contributed by atoms with Gasteiger partial charge in [-0.2, -0.15) is 0 Å². The molecule has 0 spiro atoms. The quantitative estimate of drug-likeness (QED) is 0.850. The maximum Gasteiger partial charge on any atom is 0.263 e. The first kappa shape index (κ1) is 18.8. The highest BCUT2D eigenvalue weighted by Crippen LogP contribution is 2.35. The second kappa shape index (κ2) is 7.48. The van der Waals surface area contributed by atoms with E-state index in [9.17, 15) is 14.0 Å². The van der Waals surface area contributed by atoms with Gasteiger partial charge >= 0.3 is 0 Å². The van der Waals surface area contributed by atoms with Crippen LogP contribution in [0.4, 0.5) is 4.39 Å². The number of aromatic nitrogens is 1. The number of hydrazine groups is 1. The second-order valence-electron chi connectivity index (χ2n) is 7.54. The van der Waals surface area contributed by atoms with Crippen LogP contribution in [-0.4, -0.2) is 34.5 Å². The fourth-order valence-corrected chi connectivity index (χ4v) is 4.42. The van der Waals surface area contributed by atoms with E-state index in [-0.39, 0.29) is 40.8 Å². The molecule has 1 aromatic carbocycles. The summed E-state index contributed by atoms with van der Waals surface area (Å²) in [4.78, 5) is 27.5. The minimum Gasteiger partial charge on any atom is -0.338 e. The molecule has 0 bridgehead atoms. The predicted octanol–water partition coefficient (Wildman–Crippen LogP) is 2.00. The lowest BCUT2D eigenvalue weighted by Gasteiger charge is -2.36. The number of likely N-dealkylation sites (tertiary alicyclic amines) is 1. The molecule has 3 atom stereocenters. The van der Waals surface area contributed by atoms with E-state index in [0.717, 1.165) is 12.1 Å². The maximum absolute atomic E-state index is 14.3. The zero-order valence-corrected chi connectivity index (χ0v) is 16.1. The SMILES string of the molecule is CCn1c(C)ccc(C(=O)N2CCC3NNC(c4ccccc4F)C3C2)c1=O. The largest absolute Gasteiger partial charge is 0.338 e. The molecule has 2 aliphatic heterocycles. The number of halogens is 1. The van der Waals surface area contributed by atoms with Crippen molar-refractivity contribution in [2.24, 2.45) is 5.92 Å². The van der Waals surface area contributed by atoms with Gasteiger partial charge in [-0.1, -0.05) is 18.2 Å². The summed E-state index contributed by atoms with van der Waals surface area (Å²) in [5.41, 5.74) is 7.84. The molecule has 1 aromatic heterocycles. The van der Waals surface area contributed by atoms with Crippen LogP contribution in [0.2, 0.25) is 0 Å². The summed E-state index contributed by atoms with van der Waals surface area (Å²) in [6.07, 6.45) is 0.752. The monoisotopic (exact) mass is 384 g/mol. The van der Waals surface area contributed by atoms with Gasteiger partial charge in [-0.3, -0.25) is 15.0 Å². The van der Waals surface area contributed by atoms with E-state index in [1.807, 2.05) is 26.0 Å². The molecule has 3 heterocycles. The molecule has 3 unspecified atom stereocenters. The zero-order chi connectivity index (χ0) is 19.8. The van der Waals surface area contributed by atoms with Crippen molar-refractivity contribution in [1.29, 1.82) is 0 Å². The molecule has 28 heavy (non-hydrogen) atoms. The number of amides is 1. The number of piperidine rings is 1. The Balaban J connectivity index is 1.59. The van der Waals surface area contributed by atoms with E-state index in [1.54, 1.807) is 27.7 Å². The summed E-state index contributed by atoms with van der Waals surface area (Å²) in [7, 11) is 0. The van der Waals surface area contributed by atoms with Gasteiger partial charge in [0.2, 0.25) is 0 Å². The second-order valence-corrected chi connectivity index (χ2v) is 7.54. The van der Waals surface area contributed by atoms with Crippen LogP contribution in [0, 0.1) is 18.7 Å². The standard InChI is InChI=1S/C21H25FN4O2/c1-3-26-13(2)8-9-15(21(26)28)20(27)25-11-10-18-16(12-25)19(24-23-18)14-6-4-5-7-17(14)22/h4-9,16,18-19,23-24H,3,10-12H2,1-2H3. The first-order valence-corrected chi connectivity index (χ1v) is 9.76. The maximum atomic E-state index is 14.3. The van der Waals surface area contributed by atoms with Crippen molar-refractivity contribution in [1.82, 2.24) is 20.3 Å². The predicted molar refractivity (Wildman–Crippen MR) is 104 cm³/mol. The zero-order valence-electron chi connectivity index (χ0n) is 16.1. The van der Waals surface area contributed by atoms with E-state index in [1.165, 1.54) is 6.07 Å². The van der Waals surface area contributed by atoms with Crippen molar-refractivity contribution in [2.45, 2.75) is 38.9 Å². The number of nitrogens with zero attached hydrogens (tertiary/aromatic N) is 2. The summed E-state index contributed by atoms with van der Waals surface area (Å²) in [6, 6.07) is 10.1. The third-order valence-electron chi connectivity index (χ3n) is 5.98. The number of fused-ring (bicyclic) bond motifs is 1. The van der Waals surface area contributed by atoms with Crippen molar-refractivity contribution in [3.05, 3.63) is 69.4 Å². The minimum absolute atomic E-state index is 0.0356. The average molecular weight is 384 g/mol. The highest BCUT2D eigenvalue weighted by Gasteiger charge is 2.42. The molecule has 1 amide bonds. The third kappa shape index (κ3) is 3.14. The number of hydrogen-bond donors (Lipinski definition) is 2. The highest BCUT2D eigenvalue weighted by molar-refractivity contribution is 5.94. The van der Waals surface area contributed by atoms with Crippen LogP contribution in [0.5, 0.6) is 0 Å². The number of pyridine rings is 1. The number of hydrogen-bond acceptors (Lipinski definition) is 4. The van der Waals surface area contributed by atoms with E-state index < -0.39 is 0 Å². The third-order valence-corrected chi connectivity index (χ3v) is 5.98. The van der Waals surface area contributed by atoms with Crippen molar-refractivity contribution in [2.75, 3.05) is 13.1 Å². The van der Waals surface area contributed by atoms with Crippen LogP contribution in [0.15, 0.2) is 41.2 Å². The first-order valence-electron chi connectivity index (χ1n) is 9.76. The number of nitrogens with one attached hydrogen (secondary N) is 2. The molecule has 0 radical (unpaired) electrons. The normalized spacial score (nSPS) is 24.2. The van der Waals surface area contributed by atoms with E-state index in [4.69, 9.17) is 0 Å². The van der Waals surface area contributed by atoms with Crippen molar-refractivity contribution in [3.63, 3.8) is 0 Å². The molecule has 2 saturated heterocycles. The lowest BCUT2D eigenvalue weighted by atomic mass is 9.84. The summed E-state index contributed by atoms with van der Waals surface area (Å²) in [5, 5.41) is 0. The van der Waals surface area contributed by atoms with E-state index >= 15 is 0 Å². The van der Waals surface area contributed by atoms with Gasteiger partial charge in [0.1, 0.15) is 11.4 Å². The van der Waals surface area contributed by atoms with Gasteiger partial charge in [-0.15, -0.1) is 0 Å². The molecule has 7 heteroatoms. The molecule has 2 N–H and O–H groups in total. The molecule has 4 rings (SSSR count). The molecule has 148 valence electrons. The van der Waals surface area contributed by atoms with Crippen LogP contribution < -0.4 is 16.4 Å². The Kier molecular flexibility index (Phi) is 5.03. The van der Waals surface area contributed by atoms with Crippen LogP contribution in [0.25, 0.3) is 0 Å². The van der Waals surface area contributed by atoms with Gasteiger partial charge in [0, 0.05) is 42.9 Å². The topological polar surface area (TPSA) is 66.4 Å². The number of carbonyl (C=O) groups excluding carboxylic acids is 1. The van der Waals surface area contributed by atoms with Gasteiger partial charge in [0.25, 0.3) is 11.5 Å². The number of carbonyl (C=O) groups is 1. The Morgan fingerprint density at radius 2 is 2.00 bits per heavy atom. The Hall–Kier alpha value is -2.51. The van der Waals surface area contributed by atoms with Gasteiger partial charge in [-0.05, 0) is 38.5 Å². The van der Waals surface area contributed by atoms with Crippen molar-refractivity contribution < 1.29 is 9.18 Å². The molecule has 6 nitrogen and oxygen atoms in total. The number of aryl methyl sites for hydroxylation is 1. The summed E-state index contributed by atoms with van der Waals surface area (Å²) in [5.74, 6) is -0.464. The molecule has 2 fully saturated rings. The van der Waals surface area contributed by atoms with Gasteiger partial charge in [0.15, 0.2) is 0 Å². The minimum atomic E-state index is -0.254. The molecular formula is C21H25FN4O2. The van der Waals surface area contributed by atoms with E-state index in [0.29, 0.717) is 25.2 Å². The smallest absolute Gasteiger partial charge is 0.263 e. The Bertz CT molecular complexity index is 958. The molecule has 2 aliphatic rings. The van der Waals surface area contributed by atoms with Gasteiger partial charge in [0.05, 0.1) is 6.04 Å². The molecular weight excluding hydrogens is 359 g/mol. The number of rotatable bonds is 3. The van der Waals surface area contributed by atoms with Gasteiger partial charge < -0.3 is 9.47 Å². The summed E-state index contributed by atoms with van der Waals surface area (Å²) >= 11 is 0. The molecule has 0 aliphatic carbocycles. The summed E-state index contributed by atoms with van der Waals surface area (Å²) in [6.45, 7) is 5.32. The van der Waals surface area contributed by atoms with Crippen LogP contribution in [0.3, 0.4) is 0 Å². The molecule has 2 aromatic rings. The van der Waals surface area contributed by atoms with Gasteiger partial charge in [-0.25, -0.2) is 9.82 Å². The summed E-state index contributed by atoms with van der Waals surface area (Å²) < 4.78 is 15.9. The fraction of sp³-hybridized carbons (Fsp3) is 0.429. The highest BCUT2D eigenvalue weighted by atomic mass is 19.1. The lowest BCUT2D eigenvalue weighted by molar-refractivity contribution is 0.0649. The fourth-order valence-electron chi connectivity index (χ4n) is 4.42. The van der Waals surface area contributed by atoms with Crippen molar-refractivity contribution >= 4 is 5.91 Å².